The first kappa shape index (κ1) is 14.3. The number of nitrogens with zero attached hydrogens (tertiary/aromatic N) is 2. The van der Waals surface area contributed by atoms with Crippen molar-refractivity contribution in [2.75, 3.05) is 7.11 Å². The summed E-state index contributed by atoms with van der Waals surface area (Å²) >= 11 is 0. The summed E-state index contributed by atoms with van der Waals surface area (Å²) in [6.45, 7) is 0. The van der Waals surface area contributed by atoms with Crippen molar-refractivity contribution >= 4 is 12.1 Å². The van der Waals surface area contributed by atoms with Crippen molar-refractivity contribution in [3.05, 3.63) is 41.6 Å². The highest BCUT2D eigenvalue weighted by Crippen LogP contribution is 2.33. The fourth-order valence-corrected chi connectivity index (χ4v) is 1.60. The number of alkyl halides is 3. The van der Waals surface area contributed by atoms with Crippen LogP contribution in [0.2, 0.25) is 0 Å². The van der Waals surface area contributed by atoms with Gasteiger partial charge in [-0.25, -0.2) is 9.98 Å². The number of allylic oxidation sites excluding steroid dienone is 1. The number of aliphatic imine (C=N–C) groups is 2. The minimum atomic E-state index is -4.45. The van der Waals surface area contributed by atoms with Crippen LogP contribution in [0.25, 0.3) is 0 Å². The molecule has 0 amide bonds. The minimum Gasteiger partial charge on any atom is -0.337 e. The van der Waals surface area contributed by atoms with Gasteiger partial charge >= 0.3 is 6.18 Å². The number of amidine groups is 1. The van der Waals surface area contributed by atoms with Crippen LogP contribution >= 0.6 is 0 Å². The van der Waals surface area contributed by atoms with E-state index in [-0.39, 0.29) is 17.1 Å². The number of hydrogen-bond donors (Lipinski definition) is 0. The van der Waals surface area contributed by atoms with E-state index in [2.05, 4.69) is 14.9 Å². The Balaban J connectivity index is 2.52. The normalized spacial score (nSPS) is 14.9. The maximum Gasteiger partial charge on any atom is 0.416 e. The highest BCUT2D eigenvalue weighted by molar-refractivity contribution is 6.05. The Morgan fingerprint density at radius 3 is 2.75 bits per heavy atom. The maximum atomic E-state index is 12.8. The molecule has 0 aliphatic carbocycles. The van der Waals surface area contributed by atoms with Crippen molar-refractivity contribution in [2.24, 2.45) is 9.98 Å². The van der Waals surface area contributed by atoms with Gasteiger partial charge in [0.2, 0.25) is 0 Å². The van der Waals surface area contributed by atoms with E-state index < -0.39 is 11.7 Å². The van der Waals surface area contributed by atoms with Gasteiger partial charge in [-0.05, 0) is 18.2 Å². The average Bonchev–Trinajstić information content (AvgIpc) is 2.67. The van der Waals surface area contributed by atoms with E-state index in [1.54, 1.807) is 12.3 Å². The maximum absolute atomic E-state index is 12.8. The molecule has 0 radical (unpaired) electrons. The van der Waals surface area contributed by atoms with E-state index in [1.165, 1.54) is 19.4 Å². The van der Waals surface area contributed by atoms with Crippen molar-refractivity contribution in [3.63, 3.8) is 0 Å². The predicted octanol–water partition coefficient (Wildman–Crippen LogP) is 3.38. The standard InChI is InChI=1S/C13H11F3N2O2/c1-19-20-11-5-4-9(13(14,15)16)8-10(11)12-17-6-2-3-7-18-12/h2,4-8H,3H2,1H3. The summed E-state index contributed by atoms with van der Waals surface area (Å²) in [5, 5.41) is 0. The lowest BCUT2D eigenvalue weighted by atomic mass is 10.1. The van der Waals surface area contributed by atoms with Gasteiger partial charge in [-0.15, -0.1) is 0 Å². The van der Waals surface area contributed by atoms with Crippen LogP contribution in [0.15, 0.2) is 40.5 Å². The van der Waals surface area contributed by atoms with Gasteiger partial charge in [0.25, 0.3) is 0 Å². The number of rotatable bonds is 3. The van der Waals surface area contributed by atoms with Gasteiger partial charge in [0.05, 0.1) is 18.2 Å². The van der Waals surface area contributed by atoms with E-state index in [0.717, 1.165) is 12.1 Å². The van der Waals surface area contributed by atoms with Gasteiger partial charge in [-0.2, -0.15) is 18.1 Å². The highest BCUT2D eigenvalue weighted by Gasteiger charge is 2.32. The largest absolute Gasteiger partial charge is 0.416 e. The Kier molecular flexibility index (Phi) is 4.19. The van der Waals surface area contributed by atoms with E-state index in [4.69, 9.17) is 4.89 Å². The van der Waals surface area contributed by atoms with Crippen molar-refractivity contribution < 1.29 is 22.9 Å². The zero-order chi connectivity index (χ0) is 14.6. The molecule has 0 saturated carbocycles. The molecule has 4 nitrogen and oxygen atoms in total. The summed E-state index contributed by atoms with van der Waals surface area (Å²) < 4.78 is 38.3. The molecule has 7 heteroatoms. The SMILES string of the molecule is COOc1ccc(C(F)(F)F)cc1C1=NC=CCC=N1. The van der Waals surface area contributed by atoms with Gasteiger partial charge in [0.1, 0.15) is 0 Å². The fraction of sp³-hybridized carbons (Fsp3) is 0.231. The van der Waals surface area contributed by atoms with E-state index in [1.807, 2.05) is 0 Å². The molecule has 1 aliphatic heterocycles. The van der Waals surface area contributed by atoms with Crippen molar-refractivity contribution in [3.8, 4) is 5.75 Å². The minimum absolute atomic E-state index is 0.115. The molecule has 0 atom stereocenters. The Morgan fingerprint density at radius 2 is 2.05 bits per heavy atom. The van der Waals surface area contributed by atoms with Crippen molar-refractivity contribution in [2.45, 2.75) is 12.6 Å². The van der Waals surface area contributed by atoms with Crippen LogP contribution in [0.3, 0.4) is 0 Å². The summed E-state index contributed by atoms with van der Waals surface area (Å²) in [6.07, 6.45) is 0.886. The summed E-state index contributed by atoms with van der Waals surface area (Å²) in [5.41, 5.74) is -0.688. The average molecular weight is 284 g/mol. The van der Waals surface area contributed by atoms with Crippen LogP contribution in [0, 0.1) is 0 Å². The molecule has 20 heavy (non-hydrogen) atoms. The number of hydrogen-bond acceptors (Lipinski definition) is 4. The smallest absolute Gasteiger partial charge is 0.337 e. The van der Waals surface area contributed by atoms with E-state index in [9.17, 15) is 13.2 Å². The Labute approximate surface area is 113 Å². The molecule has 0 spiro atoms. The molecule has 1 aromatic rings. The molecule has 0 aromatic heterocycles. The highest BCUT2D eigenvalue weighted by atomic mass is 19.4. The Hall–Kier alpha value is -2.15. The molecule has 1 aromatic carbocycles. The van der Waals surface area contributed by atoms with Crippen LogP contribution < -0.4 is 4.89 Å². The number of halogens is 3. The van der Waals surface area contributed by atoms with Gasteiger partial charge in [-0.3, -0.25) is 0 Å². The lowest BCUT2D eigenvalue weighted by Crippen LogP contribution is -2.09. The van der Waals surface area contributed by atoms with Crippen molar-refractivity contribution in [1.82, 2.24) is 0 Å². The quantitative estimate of drug-likeness (QED) is 0.631. The molecule has 0 saturated heterocycles. The van der Waals surface area contributed by atoms with Crippen LogP contribution in [-0.2, 0) is 11.1 Å². The van der Waals surface area contributed by atoms with Gasteiger partial charge in [0, 0.05) is 18.8 Å². The molecule has 2 rings (SSSR count). The predicted molar refractivity (Wildman–Crippen MR) is 67.9 cm³/mol. The molecule has 0 bridgehead atoms. The van der Waals surface area contributed by atoms with Gasteiger partial charge in [-0.1, -0.05) is 6.08 Å². The molecule has 106 valence electrons. The summed E-state index contributed by atoms with van der Waals surface area (Å²) in [4.78, 5) is 17.4. The third kappa shape index (κ3) is 3.24. The number of benzene rings is 1. The lowest BCUT2D eigenvalue weighted by Gasteiger charge is -2.12. The second-order valence-electron chi connectivity index (χ2n) is 3.84. The molecular formula is C13H11F3N2O2. The Bertz CT molecular complexity index is 577. The molecule has 1 aliphatic rings. The summed E-state index contributed by atoms with van der Waals surface area (Å²) in [5.74, 6) is 0.253. The van der Waals surface area contributed by atoms with Crippen LogP contribution in [-0.4, -0.2) is 19.2 Å². The first-order chi connectivity index (χ1) is 9.52. The molecule has 0 unspecified atom stereocenters. The van der Waals surface area contributed by atoms with Crippen LogP contribution in [0.5, 0.6) is 5.75 Å². The zero-order valence-electron chi connectivity index (χ0n) is 10.5. The first-order valence-electron chi connectivity index (χ1n) is 5.70. The monoisotopic (exact) mass is 284 g/mol. The van der Waals surface area contributed by atoms with E-state index in [0.29, 0.717) is 6.42 Å². The summed E-state index contributed by atoms with van der Waals surface area (Å²) in [7, 11) is 1.26. The lowest BCUT2D eigenvalue weighted by molar-refractivity contribution is -0.178. The fourth-order valence-electron chi connectivity index (χ4n) is 1.60. The molecular weight excluding hydrogens is 273 g/mol. The Morgan fingerprint density at radius 1 is 1.25 bits per heavy atom. The second kappa shape index (κ2) is 5.87. The molecule has 0 N–H and O–H groups in total. The van der Waals surface area contributed by atoms with Gasteiger partial charge in [0.15, 0.2) is 11.6 Å². The third-order valence-electron chi connectivity index (χ3n) is 2.48. The first-order valence-corrected chi connectivity index (χ1v) is 5.70. The van der Waals surface area contributed by atoms with Crippen LogP contribution in [0.1, 0.15) is 17.5 Å². The topological polar surface area (TPSA) is 43.2 Å². The molecule has 1 heterocycles. The second-order valence-corrected chi connectivity index (χ2v) is 3.84. The molecule has 0 fully saturated rings. The van der Waals surface area contributed by atoms with Gasteiger partial charge < -0.3 is 4.89 Å². The van der Waals surface area contributed by atoms with Crippen molar-refractivity contribution in [1.29, 1.82) is 0 Å². The van der Waals surface area contributed by atoms with Crippen LogP contribution in [0.4, 0.5) is 13.2 Å². The summed E-state index contributed by atoms with van der Waals surface area (Å²) in [6, 6.07) is 3.02. The zero-order valence-corrected chi connectivity index (χ0v) is 10.5. The van der Waals surface area contributed by atoms with E-state index >= 15 is 0 Å². The third-order valence-corrected chi connectivity index (χ3v) is 2.48.